The van der Waals surface area contributed by atoms with E-state index >= 15 is 8.78 Å². The molecule has 0 atom stereocenters. The highest BCUT2D eigenvalue weighted by Crippen LogP contribution is 2.46. The summed E-state index contributed by atoms with van der Waals surface area (Å²) in [7, 11) is 3.22. The Balaban J connectivity index is 1.23. The Labute approximate surface area is 330 Å². The molecule has 0 saturated heterocycles. The summed E-state index contributed by atoms with van der Waals surface area (Å²) in [5.74, 6) is -3.82. The molecule has 2 amide bonds. The van der Waals surface area contributed by atoms with Crippen molar-refractivity contribution in [2.75, 3.05) is 19.0 Å². The van der Waals surface area contributed by atoms with Crippen LogP contribution in [0, 0.1) is 18.6 Å². The van der Waals surface area contributed by atoms with Crippen molar-refractivity contribution in [1.29, 1.82) is 0 Å². The number of anilines is 1. The summed E-state index contributed by atoms with van der Waals surface area (Å²) in [5, 5.41) is 2.15. The number of hydrogen-bond acceptors (Lipinski definition) is 6. The summed E-state index contributed by atoms with van der Waals surface area (Å²) in [6, 6.07) is 8.07. The molecule has 1 aliphatic carbocycles. The number of fused-ring (bicyclic) bond motifs is 2. The van der Waals surface area contributed by atoms with Crippen LogP contribution < -0.4 is 5.32 Å². The smallest absolute Gasteiger partial charge is 0.417 e. The highest BCUT2D eigenvalue weighted by molar-refractivity contribution is 6.38. The van der Waals surface area contributed by atoms with Crippen molar-refractivity contribution in [3.05, 3.63) is 94.4 Å². The van der Waals surface area contributed by atoms with Crippen LogP contribution in [-0.2, 0) is 27.5 Å². The fourth-order valence-electron chi connectivity index (χ4n) is 7.13. The Morgan fingerprint density at radius 3 is 2.30 bits per heavy atom. The maximum atomic E-state index is 15.4. The molecule has 2 heterocycles. The van der Waals surface area contributed by atoms with E-state index in [4.69, 9.17) is 21.1 Å². The molecule has 10 nitrogen and oxygen atoms in total. The Morgan fingerprint density at radius 1 is 1.02 bits per heavy atom. The lowest BCUT2D eigenvalue weighted by molar-refractivity contribution is -0.137. The maximum Gasteiger partial charge on any atom is 0.417 e. The quantitative estimate of drug-likeness (QED) is 0.124. The van der Waals surface area contributed by atoms with Crippen LogP contribution in [0.3, 0.4) is 0 Å². The van der Waals surface area contributed by atoms with Crippen LogP contribution in [-0.4, -0.2) is 68.3 Å². The molecule has 1 N–H and O–H groups in total. The van der Waals surface area contributed by atoms with Gasteiger partial charge in [0.15, 0.2) is 11.6 Å². The number of methoxy groups -OCH3 is 1. The van der Waals surface area contributed by atoms with Crippen molar-refractivity contribution in [3.8, 4) is 11.1 Å². The van der Waals surface area contributed by atoms with E-state index in [0.29, 0.717) is 18.7 Å². The van der Waals surface area contributed by atoms with Gasteiger partial charge in [0.1, 0.15) is 22.6 Å². The normalized spacial score (nSPS) is 16.4. The maximum absolute atomic E-state index is 15.4. The van der Waals surface area contributed by atoms with Crippen molar-refractivity contribution in [2.24, 2.45) is 7.05 Å². The molecule has 0 bridgehead atoms. The van der Waals surface area contributed by atoms with Gasteiger partial charge in [-0.2, -0.15) is 13.2 Å². The Morgan fingerprint density at radius 2 is 1.68 bits per heavy atom. The third kappa shape index (κ3) is 8.54. The minimum atomic E-state index is -4.81. The Hall–Kier alpha value is -5.28. The molecule has 302 valence electrons. The second kappa shape index (κ2) is 15.9. The van der Waals surface area contributed by atoms with Crippen molar-refractivity contribution in [1.82, 2.24) is 19.0 Å². The van der Waals surface area contributed by atoms with Gasteiger partial charge in [0.25, 0.3) is 5.91 Å². The number of amides is 2. The van der Waals surface area contributed by atoms with Crippen LogP contribution in [0.1, 0.15) is 68.2 Å². The topological polar surface area (TPSA) is 108 Å². The minimum Gasteiger partial charge on any atom is -0.444 e. The average Bonchev–Trinajstić information content (AvgIpc) is 3.70. The number of ether oxygens (including phenoxy) is 2. The predicted octanol–water partition coefficient (Wildman–Crippen LogP) is 9.83. The van der Waals surface area contributed by atoms with Gasteiger partial charge >= 0.3 is 12.3 Å². The average molecular weight is 814 g/mol. The number of carbonyl (C=O) groups is 3. The van der Waals surface area contributed by atoms with Gasteiger partial charge in [0.2, 0.25) is 5.91 Å². The van der Waals surface area contributed by atoms with Gasteiger partial charge in [-0.05, 0) is 89.3 Å². The molecule has 3 aromatic carbocycles. The highest BCUT2D eigenvalue weighted by Gasteiger charge is 2.37. The number of alkyl halides is 3. The molecule has 0 spiro atoms. The van der Waals surface area contributed by atoms with Crippen LogP contribution in [0.4, 0.5) is 32.4 Å². The lowest BCUT2D eigenvalue weighted by Gasteiger charge is -2.36. The van der Waals surface area contributed by atoms with E-state index in [1.807, 2.05) is 0 Å². The van der Waals surface area contributed by atoms with Gasteiger partial charge in [-0.1, -0.05) is 29.8 Å². The standard InChI is InChI=1S/C41H41ClF5N5O5/c1-22-48-37-32(50(22)5)21-28(41(45,46)47)34(35(37)42)27-9-7-10-31-26(27)16-18-52(31)38(54)23-19-29(43)36(30(44)20-23)49-33(53)11-8-17-51(39(55)57-40(2,3)4)24-12-14-25(56-6)15-13-24/h7-11,16,18-21,24-25H,12-15,17H2,1-6H3,(H,49,53)/b11-8+. The SMILES string of the molecule is COC1CCC(N(C/C=C/C(=O)Nc2c(F)cc(C(=O)n3ccc4c(-c5c(C(F)(F)F)cc6c(nc(C)n6C)c5Cl)cccc43)cc2F)C(=O)OC(C)(C)C)CC1. The number of aromatic nitrogens is 3. The fraction of sp³-hybridized carbons (Fsp3) is 0.366. The first kappa shape index (κ1) is 41.4. The highest BCUT2D eigenvalue weighted by atomic mass is 35.5. The van der Waals surface area contributed by atoms with E-state index in [1.54, 1.807) is 41.9 Å². The minimum absolute atomic E-state index is 0.00323. The molecule has 0 radical (unpaired) electrons. The Kier molecular flexibility index (Phi) is 11.6. The number of aryl methyl sites for hydroxylation is 2. The number of carbonyl (C=O) groups excluding carboxylic acids is 3. The summed E-state index contributed by atoms with van der Waals surface area (Å²) in [4.78, 5) is 45.4. The summed E-state index contributed by atoms with van der Waals surface area (Å²) < 4.78 is 87.9. The van der Waals surface area contributed by atoms with Gasteiger partial charge in [0, 0.05) is 55.5 Å². The number of halogens is 6. The van der Waals surface area contributed by atoms with Gasteiger partial charge in [-0.15, -0.1) is 0 Å². The van der Waals surface area contributed by atoms with E-state index in [1.165, 1.54) is 46.0 Å². The number of hydrogen-bond donors (Lipinski definition) is 1. The van der Waals surface area contributed by atoms with Crippen LogP contribution in [0.2, 0.25) is 5.02 Å². The van der Waals surface area contributed by atoms with E-state index in [2.05, 4.69) is 10.3 Å². The second-order valence-electron chi connectivity index (χ2n) is 14.9. The Bertz CT molecular complexity index is 2380. The van der Waals surface area contributed by atoms with Gasteiger partial charge in [-0.25, -0.2) is 18.6 Å². The van der Waals surface area contributed by atoms with Crippen molar-refractivity contribution in [3.63, 3.8) is 0 Å². The molecule has 0 aliphatic heterocycles. The van der Waals surface area contributed by atoms with Crippen LogP contribution in [0.15, 0.2) is 60.8 Å². The third-order valence-electron chi connectivity index (χ3n) is 10.0. The second-order valence-corrected chi connectivity index (χ2v) is 15.3. The van der Waals surface area contributed by atoms with E-state index in [9.17, 15) is 27.6 Å². The van der Waals surface area contributed by atoms with Gasteiger partial charge < -0.3 is 24.3 Å². The lowest BCUT2D eigenvalue weighted by atomic mass is 9.92. The largest absolute Gasteiger partial charge is 0.444 e. The number of nitrogens with one attached hydrogen (secondary N) is 1. The molecule has 2 aromatic heterocycles. The number of nitrogens with zero attached hydrogens (tertiary/aromatic N) is 4. The summed E-state index contributed by atoms with van der Waals surface area (Å²) in [6.45, 7) is 6.86. The zero-order chi connectivity index (χ0) is 41.6. The zero-order valence-electron chi connectivity index (χ0n) is 32.1. The van der Waals surface area contributed by atoms with E-state index in [0.717, 1.165) is 41.7 Å². The number of imidazole rings is 1. The predicted molar refractivity (Wildman–Crippen MR) is 206 cm³/mol. The third-order valence-corrected chi connectivity index (χ3v) is 10.4. The van der Waals surface area contributed by atoms with Crippen molar-refractivity contribution < 1.29 is 45.8 Å². The summed E-state index contributed by atoms with van der Waals surface area (Å²) in [6.07, 6.45) is 1.23. The van der Waals surface area contributed by atoms with Crippen LogP contribution in [0.25, 0.3) is 33.1 Å². The summed E-state index contributed by atoms with van der Waals surface area (Å²) >= 11 is 6.65. The van der Waals surface area contributed by atoms with Crippen LogP contribution >= 0.6 is 11.6 Å². The fourth-order valence-corrected chi connectivity index (χ4v) is 7.47. The molecule has 0 unspecified atom stereocenters. The van der Waals surface area contributed by atoms with Gasteiger partial charge in [0.05, 0.1) is 27.7 Å². The first-order valence-electron chi connectivity index (χ1n) is 18.2. The molecule has 1 saturated carbocycles. The molecule has 1 fully saturated rings. The van der Waals surface area contributed by atoms with Crippen molar-refractivity contribution >= 4 is 57.1 Å². The first-order chi connectivity index (χ1) is 26.8. The molecule has 1 aliphatic rings. The summed E-state index contributed by atoms with van der Waals surface area (Å²) in [5.41, 5.74) is -2.76. The zero-order valence-corrected chi connectivity index (χ0v) is 32.8. The number of rotatable bonds is 8. The van der Waals surface area contributed by atoms with Crippen LogP contribution in [0.5, 0.6) is 0 Å². The van der Waals surface area contributed by atoms with Crippen molar-refractivity contribution in [2.45, 2.75) is 77.3 Å². The molecule has 6 rings (SSSR count). The lowest BCUT2D eigenvalue weighted by Crippen LogP contribution is -2.45. The molecule has 57 heavy (non-hydrogen) atoms. The van der Waals surface area contributed by atoms with E-state index in [-0.39, 0.29) is 56.8 Å². The van der Waals surface area contributed by atoms with E-state index < -0.39 is 58.1 Å². The van der Waals surface area contributed by atoms with Gasteiger partial charge in [-0.3, -0.25) is 14.2 Å². The number of benzene rings is 3. The molecule has 16 heteroatoms. The molecule has 5 aromatic rings. The monoisotopic (exact) mass is 813 g/mol. The first-order valence-corrected chi connectivity index (χ1v) is 18.5. The molecular formula is C41H41ClF5N5O5. The molecular weight excluding hydrogens is 773 g/mol.